The van der Waals surface area contributed by atoms with Crippen molar-refractivity contribution in [3.8, 4) is 0 Å². The van der Waals surface area contributed by atoms with Crippen LogP contribution in [-0.4, -0.2) is 16.1 Å². The number of anilines is 2. The van der Waals surface area contributed by atoms with Crippen LogP contribution in [-0.2, 0) is 6.54 Å². The Kier molecular flexibility index (Phi) is 5.65. The summed E-state index contributed by atoms with van der Waals surface area (Å²) < 4.78 is 12.9. The fourth-order valence-electron chi connectivity index (χ4n) is 2.12. The smallest absolute Gasteiger partial charge is 0.276 e. The number of carbonyl (C=O) groups excluding carboxylic acids is 1. The predicted octanol–water partition coefficient (Wildman–Crippen LogP) is 4.79. The van der Waals surface area contributed by atoms with E-state index in [2.05, 4.69) is 20.8 Å². The number of carbonyl (C=O) groups is 1. The Morgan fingerprint density at radius 1 is 1.00 bits per heavy atom. The molecule has 1 heterocycles. The number of aromatic nitrogens is 2. The average molecular weight is 391 g/mol. The number of benzene rings is 2. The molecule has 0 saturated heterocycles. The van der Waals surface area contributed by atoms with Crippen LogP contribution < -0.4 is 10.6 Å². The van der Waals surface area contributed by atoms with Crippen LogP contribution in [0.15, 0.2) is 54.6 Å². The zero-order chi connectivity index (χ0) is 18.5. The van der Waals surface area contributed by atoms with Gasteiger partial charge in [-0.3, -0.25) is 4.79 Å². The van der Waals surface area contributed by atoms with Gasteiger partial charge in [-0.15, -0.1) is 10.2 Å². The molecule has 0 atom stereocenters. The van der Waals surface area contributed by atoms with Crippen molar-refractivity contribution >= 4 is 40.6 Å². The quantitative estimate of drug-likeness (QED) is 0.657. The summed E-state index contributed by atoms with van der Waals surface area (Å²) in [6, 6.07) is 14.1. The molecule has 3 aromatic rings. The molecule has 0 fully saturated rings. The van der Waals surface area contributed by atoms with E-state index in [0.717, 1.165) is 5.56 Å². The predicted molar refractivity (Wildman–Crippen MR) is 100 cm³/mol. The van der Waals surface area contributed by atoms with Gasteiger partial charge in [0.15, 0.2) is 5.69 Å². The van der Waals surface area contributed by atoms with Gasteiger partial charge in [-0.25, -0.2) is 4.39 Å². The van der Waals surface area contributed by atoms with E-state index in [0.29, 0.717) is 28.1 Å². The Balaban J connectivity index is 1.61. The summed E-state index contributed by atoms with van der Waals surface area (Å²) in [5.41, 5.74) is 1.47. The molecule has 0 spiro atoms. The van der Waals surface area contributed by atoms with Gasteiger partial charge in [0.1, 0.15) is 11.6 Å². The van der Waals surface area contributed by atoms with Gasteiger partial charge in [0.05, 0.1) is 10.7 Å². The minimum atomic E-state index is -0.438. The molecule has 0 radical (unpaired) electrons. The third kappa shape index (κ3) is 4.68. The van der Waals surface area contributed by atoms with E-state index in [1.165, 1.54) is 18.2 Å². The van der Waals surface area contributed by atoms with Gasteiger partial charge in [0, 0.05) is 11.6 Å². The summed E-state index contributed by atoms with van der Waals surface area (Å²) in [6.45, 7) is 0.459. The van der Waals surface area contributed by atoms with Crippen molar-refractivity contribution in [2.45, 2.75) is 6.54 Å². The Hall–Kier alpha value is -2.70. The normalized spacial score (nSPS) is 10.4. The standard InChI is InChI=1S/C18H13Cl2FN4O/c19-12-3-6-15(14(20)9-12)23-18(26)16-7-8-17(25-24-16)22-10-11-1-4-13(21)5-2-11/h1-9H,10H2,(H,22,25)(H,23,26). The van der Waals surface area contributed by atoms with Crippen LogP contribution in [0.25, 0.3) is 0 Å². The molecule has 1 amide bonds. The molecular weight excluding hydrogens is 378 g/mol. The van der Waals surface area contributed by atoms with Gasteiger partial charge >= 0.3 is 0 Å². The second-order valence-corrected chi connectivity index (χ2v) is 6.21. The van der Waals surface area contributed by atoms with Crippen LogP contribution in [0, 0.1) is 5.82 Å². The van der Waals surface area contributed by atoms with Crippen LogP contribution in [0.2, 0.25) is 10.0 Å². The van der Waals surface area contributed by atoms with Crippen molar-refractivity contribution in [1.29, 1.82) is 0 Å². The number of nitrogens with one attached hydrogen (secondary N) is 2. The van der Waals surface area contributed by atoms with Crippen LogP contribution in [0.4, 0.5) is 15.9 Å². The first-order valence-electron chi connectivity index (χ1n) is 7.60. The molecule has 26 heavy (non-hydrogen) atoms. The van der Waals surface area contributed by atoms with Crippen molar-refractivity contribution in [2.24, 2.45) is 0 Å². The lowest BCUT2D eigenvalue weighted by Crippen LogP contribution is -2.15. The fourth-order valence-corrected chi connectivity index (χ4v) is 2.58. The van der Waals surface area contributed by atoms with E-state index in [1.54, 1.807) is 36.4 Å². The molecule has 3 rings (SSSR count). The third-order valence-electron chi connectivity index (χ3n) is 3.46. The molecule has 5 nitrogen and oxygen atoms in total. The lowest BCUT2D eigenvalue weighted by molar-refractivity contribution is 0.102. The van der Waals surface area contributed by atoms with E-state index in [1.807, 2.05) is 0 Å². The van der Waals surface area contributed by atoms with Gasteiger partial charge in [0.2, 0.25) is 0 Å². The van der Waals surface area contributed by atoms with Crippen molar-refractivity contribution in [2.75, 3.05) is 10.6 Å². The Morgan fingerprint density at radius 2 is 1.77 bits per heavy atom. The highest BCUT2D eigenvalue weighted by atomic mass is 35.5. The molecule has 2 aromatic carbocycles. The number of nitrogens with zero attached hydrogens (tertiary/aromatic N) is 2. The molecule has 0 aliphatic heterocycles. The number of hydrogen-bond donors (Lipinski definition) is 2. The van der Waals surface area contributed by atoms with E-state index in [4.69, 9.17) is 23.2 Å². The summed E-state index contributed by atoms with van der Waals surface area (Å²) in [4.78, 5) is 12.2. The zero-order valence-corrected chi connectivity index (χ0v) is 14.9. The van der Waals surface area contributed by atoms with Crippen molar-refractivity contribution in [1.82, 2.24) is 10.2 Å². The molecule has 0 unspecified atom stereocenters. The van der Waals surface area contributed by atoms with Crippen LogP contribution in [0.5, 0.6) is 0 Å². The Labute approximate surface area is 159 Å². The summed E-state index contributed by atoms with van der Waals surface area (Å²) >= 11 is 11.9. The molecule has 0 aliphatic rings. The topological polar surface area (TPSA) is 66.9 Å². The van der Waals surface area contributed by atoms with Crippen LogP contribution >= 0.6 is 23.2 Å². The first-order chi connectivity index (χ1) is 12.5. The molecule has 0 aliphatic carbocycles. The minimum absolute atomic E-state index is 0.142. The number of hydrogen-bond acceptors (Lipinski definition) is 4. The van der Waals surface area contributed by atoms with E-state index >= 15 is 0 Å². The largest absolute Gasteiger partial charge is 0.365 e. The van der Waals surface area contributed by atoms with Crippen molar-refractivity contribution in [3.05, 3.63) is 81.7 Å². The van der Waals surface area contributed by atoms with Crippen molar-refractivity contribution < 1.29 is 9.18 Å². The molecule has 0 saturated carbocycles. The maximum atomic E-state index is 12.9. The molecule has 132 valence electrons. The molecule has 0 bridgehead atoms. The number of halogens is 3. The summed E-state index contributed by atoms with van der Waals surface area (Å²) in [7, 11) is 0. The first kappa shape index (κ1) is 18.1. The lowest BCUT2D eigenvalue weighted by Gasteiger charge is -2.08. The van der Waals surface area contributed by atoms with Gasteiger partial charge in [-0.1, -0.05) is 35.3 Å². The number of rotatable bonds is 5. The Bertz CT molecular complexity index is 917. The fraction of sp³-hybridized carbons (Fsp3) is 0.0556. The number of amides is 1. The van der Waals surface area contributed by atoms with E-state index < -0.39 is 5.91 Å². The highest BCUT2D eigenvalue weighted by Gasteiger charge is 2.11. The second kappa shape index (κ2) is 8.12. The van der Waals surface area contributed by atoms with E-state index in [-0.39, 0.29) is 11.5 Å². The van der Waals surface area contributed by atoms with Gasteiger partial charge in [-0.05, 0) is 48.0 Å². The molecule has 1 aromatic heterocycles. The summed E-state index contributed by atoms with van der Waals surface area (Å²) in [5, 5.41) is 14.4. The molecular formula is C18H13Cl2FN4O. The highest BCUT2D eigenvalue weighted by molar-refractivity contribution is 6.36. The zero-order valence-electron chi connectivity index (χ0n) is 13.3. The van der Waals surface area contributed by atoms with Crippen LogP contribution in [0.3, 0.4) is 0 Å². The second-order valence-electron chi connectivity index (χ2n) is 5.36. The van der Waals surface area contributed by atoms with E-state index in [9.17, 15) is 9.18 Å². The SMILES string of the molecule is O=C(Nc1ccc(Cl)cc1Cl)c1ccc(NCc2ccc(F)cc2)nn1. The average Bonchev–Trinajstić information content (AvgIpc) is 2.64. The van der Waals surface area contributed by atoms with Crippen LogP contribution in [0.1, 0.15) is 16.1 Å². The maximum absolute atomic E-state index is 12.9. The van der Waals surface area contributed by atoms with Crippen molar-refractivity contribution in [3.63, 3.8) is 0 Å². The van der Waals surface area contributed by atoms with Gasteiger partial charge < -0.3 is 10.6 Å². The monoisotopic (exact) mass is 390 g/mol. The molecule has 8 heteroatoms. The Morgan fingerprint density at radius 3 is 2.42 bits per heavy atom. The maximum Gasteiger partial charge on any atom is 0.276 e. The lowest BCUT2D eigenvalue weighted by atomic mass is 10.2. The highest BCUT2D eigenvalue weighted by Crippen LogP contribution is 2.25. The summed E-state index contributed by atoms with van der Waals surface area (Å²) in [5.74, 6) is -0.230. The minimum Gasteiger partial charge on any atom is -0.365 e. The van der Waals surface area contributed by atoms with Gasteiger partial charge in [-0.2, -0.15) is 0 Å². The molecule has 2 N–H and O–H groups in total. The third-order valence-corrected chi connectivity index (χ3v) is 4.01. The first-order valence-corrected chi connectivity index (χ1v) is 8.35. The van der Waals surface area contributed by atoms with Gasteiger partial charge in [0.25, 0.3) is 5.91 Å². The summed E-state index contributed by atoms with van der Waals surface area (Å²) in [6.07, 6.45) is 0.